The van der Waals surface area contributed by atoms with Crippen LogP contribution in [0.2, 0.25) is 0 Å². The van der Waals surface area contributed by atoms with E-state index < -0.39 is 41.8 Å². The first-order valence-corrected chi connectivity index (χ1v) is 17.7. The molecule has 12 heteroatoms. The number of carbonyl (C=O) groups excluding carboxylic acids is 5. The molecule has 1 aromatic rings. The van der Waals surface area contributed by atoms with Crippen LogP contribution in [0, 0.1) is 34.5 Å². The van der Waals surface area contributed by atoms with E-state index in [0.717, 1.165) is 12.8 Å². The second-order valence-electron chi connectivity index (χ2n) is 16.1. The monoisotopic (exact) mass is 678 g/mol. The molecule has 12 nitrogen and oxygen atoms in total. The average molecular weight is 679 g/mol. The number of amides is 4. The van der Waals surface area contributed by atoms with E-state index in [-0.39, 0.29) is 53.1 Å². The van der Waals surface area contributed by atoms with Gasteiger partial charge in [-0.2, -0.15) is 0 Å². The number of fused-ring (bicyclic) bond motifs is 2. The molecule has 49 heavy (non-hydrogen) atoms. The fourth-order valence-electron chi connectivity index (χ4n) is 7.85. The van der Waals surface area contributed by atoms with Crippen LogP contribution < -0.4 is 27.0 Å². The molecular weight excluding hydrogens is 624 g/mol. The molecule has 4 aliphatic rings. The van der Waals surface area contributed by atoms with Crippen molar-refractivity contribution >= 4 is 29.6 Å². The highest BCUT2D eigenvalue weighted by Gasteiger charge is 2.69. The Balaban J connectivity index is 1.38. The average Bonchev–Trinajstić information content (AvgIpc) is 3.78. The van der Waals surface area contributed by atoms with Gasteiger partial charge >= 0.3 is 6.09 Å². The Kier molecular flexibility index (Phi) is 10.4. The smallest absolute Gasteiger partial charge is 0.407 e. The van der Waals surface area contributed by atoms with Crippen LogP contribution in [0.15, 0.2) is 36.7 Å². The summed E-state index contributed by atoms with van der Waals surface area (Å²) in [6.07, 6.45) is 3.08. The van der Waals surface area contributed by atoms with Crippen molar-refractivity contribution in [3.05, 3.63) is 47.8 Å². The number of nitrogens with zero attached hydrogens (tertiary/aromatic N) is 1. The van der Waals surface area contributed by atoms with E-state index >= 15 is 0 Å². The number of primary amides is 1. The summed E-state index contributed by atoms with van der Waals surface area (Å²) in [6.45, 7) is 17.3. The van der Waals surface area contributed by atoms with Crippen LogP contribution in [0.25, 0.3) is 0 Å². The summed E-state index contributed by atoms with van der Waals surface area (Å²) < 4.78 is 5.46. The van der Waals surface area contributed by atoms with Crippen LogP contribution in [-0.2, 0) is 36.8 Å². The highest BCUT2D eigenvalue weighted by Crippen LogP contribution is 2.65. The standard InChI is InChI=1S/C37H54N6O6/c1-8-39-35(48)49-19-27(36(3,4)5)40-20(2)41-29(24-16-22-11-9-10-12-23(22)17-24)34(47)43-18-25-28(37(25,6)7)30(43)33(46)42-26(15-21-13-14-21)31(44)32(38)45/h9-12,21,24-30,40-41H,2,8,13-19H2,1,3-7H3,(H2,38,45)(H,39,48)(H,42,46)/t25-,26?,27?,28-,29?,30?/m0/s1. The summed E-state index contributed by atoms with van der Waals surface area (Å²) in [5.41, 5.74) is 7.24. The quantitative estimate of drug-likeness (QED) is 0.176. The number of rotatable bonds is 15. The molecule has 1 saturated heterocycles. The molecule has 0 radical (unpaired) electrons. The molecule has 3 fully saturated rings. The number of ether oxygens (including phenoxy) is 1. The van der Waals surface area contributed by atoms with Crippen molar-refractivity contribution in [1.82, 2.24) is 26.2 Å². The molecule has 5 rings (SSSR count). The van der Waals surface area contributed by atoms with Gasteiger partial charge in [0.15, 0.2) is 0 Å². The van der Waals surface area contributed by atoms with E-state index in [1.54, 1.807) is 4.90 Å². The summed E-state index contributed by atoms with van der Waals surface area (Å²) in [5, 5.41) is 12.3. The number of nitrogens with two attached hydrogens (primary N) is 1. The lowest BCUT2D eigenvalue weighted by Gasteiger charge is -2.37. The van der Waals surface area contributed by atoms with Crippen LogP contribution in [-0.4, -0.2) is 78.4 Å². The number of carbonyl (C=O) groups is 5. The van der Waals surface area contributed by atoms with Crippen molar-refractivity contribution < 1.29 is 28.7 Å². The summed E-state index contributed by atoms with van der Waals surface area (Å²) in [5.74, 6) is -1.91. The number of nitrogens with one attached hydrogen (secondary N) is 4. The van der Waals surface area contributed by atoms with Gasteiger partial charge in [0.25, 0.3) is 5.91 Å². The third-order valence-corrected chi connectivity index (χ3v) is 11.1. The first-order valence-electron chi connectivity index (χ1n) is 17.7. The molecule has 1 aromatic carbocycles. The van der Waals surface area contributed by atoms with Gasteiger partial charge in [-0.25, -0.2) is 4.79 Å². The molecule has 2 saturated carbocycles. The molecule has 6 atom stereocenters. The Bertz CT molecular complexity index is 1460. The van der Waals surface area contributed by atoms with Crippen molar-refractivity contribution in [1.29, 1.82) is 0 Å². The number of hydrogen-bond acceptors (Lipinski definition) is 8. The SMILES string of the molecule is C=C(NC(C(=O)N1C[C@H]2[C@@H](C1C(=O)NC(CC1CC1)C(=O)C(N)=O)C2(C)C)C1Cc2ccccc2C1)NC(COC(=O)NCC)C(C)(C)C. The third kappa shape index (κ3) is 8.05. The Morgan fingerprint density at radius 1 is 1.04 bits per heavy atom. The minimum Gasteiger partial charge on any atom is -0.447 e. The van der Waals surface area contributed by atoms with Gasteiger partial charge in [0.2, 0.25) is 17.6 Å². The number of hydrogen-bond donors (Lipinski definition) is 5. The second kappa shape index (κ2) is 14.0. The molecule has 1 aliphatic heterocycles. The highest BCUT2D eigenvalue weighted by atomic mass is 16.5. The second-order valence-corrected chi connectivity index (χ2v) is 16.1. The normalized spacial score (nSPS) is 24.0. The lowest BCUT2D eigenvalue weighted by atomic mass is 9.87. The Hall–Kier alpha value is -4.09. The van der Waals surface area contributed by atoms with Crippen LogP contribution in [0.3, 0.4) is 0 Å². The zero-order chi connectivity index (χ0) is 35.8. The van der Waals surface area contributed by atoms with Gasteiger partial charge in [0.1, 0.15) is 18.7 Å². The first kappa shape index (κ1) is 36.2. The zero-order valence-corrected chi connectivity index (χ0v) is 29.8. The molecule has 4 amide bonds. The Morgan fingerprint density at radius 2 is 1.67 bits per heavy atom. The van der Waals surface area contributed by atoms with E-state index in [9.17, 15) is 24.0 Å². The van der Waals surface area contributed by atoms with Crippen molar-refractivity contribution in [3.8, 4) is 0 Å². The van der Waals surface area contributed by atoms with Crippen LogP contribution in [0.5, 0.6) is 0 Å². The van der Waals surface area contributed by atoms with E-state index in [1.165, 1.54) is 11.1 Å². The maximum Gasteiger partial charge on any atom is 0.407 e. The largest absolute Gasteiger partial charge is 0.447 e. The van der Waals surface area contributed by atoms with Crippen LogP contribution in [0.4, 0.5) is 4.79 Å². The van der Waals surface area contributed by atoms with Gasteiger partial charge in [-0.15, -0.1) is 0 Å². The minimum atomic E-state index is -1.07. The van der Waals surface area contributed by atoms with Gasteiger partial charge in [-0.1, -0.05) is 78.3 Å². The van der Waals surface area contributed by atoms with Gasteiger partial charge in [0.05, 0.1) is 17.9 Å². The predicted octanol–water partition coefficient (Wildman–Crippen LogP) is 2.40. The number of Topliss-reactive ketones (excluding diaryl/α,β-unsaturated/α-hetero) is 1. The number of alkyl carbamates (subject to hydrolysis) is 1. The molecular formula is C37H54N6O6. The Morgan fingerprint density at radius 3 is 2.22 bits per heavy atom. The molecule has 0 bridgehead atoms. The van der Waals surface area contributed by atoms with E-state index in [1.807, 2.05) is 39.8 Å². The molecule has 1 heterocycles. The van der Waals surface area contributed by atoms with Gasteiger partial charge in [-0.3, -0.25) is 19.2 Å². The lowest BCUT2D eigenvalue weighted by Crippen LogP contribution is -2.59. The molecule has 0 spiro atoms. The predicted molar refractivity (Wildman–Crippen MR) is 185 cm³/mol. The van der Waals surface area contributed by atoms with Gasteiger partial charge in [0, 0.05) is 13.1 Å². The molecule has 6 N–H and O–H groups in total. The minimum absolute atomic E-state index is 0.0823. The molecule has 4 unspecified atom stereocenters. The molecule has 0 aromatic heterocycles. The number of benzene rings is 1. The highest BCUT2D eigenvalue weighted by molar-refractivity contribution is 6.37. The summed E-state index contributed by atoms with van der Waals surface area (Å²) in [4.78, 5) is 67.3. The topological polar surface area (TPSA) is 172 Å². The maximum atomic E-state index is 14.8. The van der Waals surface area contributed by atoms with E-state index in [0.29, 0.717) is 38.2 Å². The van der Waals surface area contributed by atoms with Gasteiger partial charge < -0.3 is 36.6 Å². The lowest BCUT2D eigenvalue weighted by molar-refractivity contribution is -0.144. The van der Waals surface area contributed by atoms with Crippen molar-refractivity contribution in [2.45, 2.75) is 97.8 Å². The third-order valence-electron chi connectivity index (χ3n) is 11.1. The van der Waals surface area contributed by atoms with Crippen molar-refractivity contribution in [2.24, 2.45) is 40.2 Å². The maximum absolute atomic E-state index is 14.8. The number of piperidine rings is 1. The van der Waals surface area contributed by atoms with E-state index in [2.05, 4.69) is 53.8 Å². The van der Waals surface area contributed by atoms with Gasteiger partial charge in [-0.05, 0) is 71.8 Å². The zero-order valence-electron chi connectivity index (χ0n) is 29.8. The van der Waals surface area contributed by atoms with Crippen molar-refractivity contribution in [3.63, 3.8) is 0 Å². The van der Waals surface area contributed by atoms with Crippen LogP contribution in [0.1, 0.15) is 71.9 Å². The summed E-state index contributed by atoms with van der Waals surface area (Å²) in [7, 11) is 0. The number of likely N-dealkylation sites (tertiary alicyclic amines) is 1. The summed E-state index contributed by atoms with van der Waals surface area (Å²) >= 11 is 0. The Labute approximate surface area is 289 Å². The number of ketones is 1. The van der Waals surface area contributed by atoms with E-state index in [4.69, 9.17) is 10.5 Å². The van der Waals surface area contributed by atoms with Crippen molar-refractivity contribution in [2.75, 3.05) is 19.7 Å². The molecule has 268 valence electrons. The fraction of sp³-hybridized carbons (Fsp3) is 0.649. The first-order chi connectivity index (χ1) is 23.0. The molecule has 3 aliphatic carbocycles. The summed E-state index contributed by atoms with van der Waals surface area (Å²) in [6, 6.07) is 5.31. The fourth-order valence-corrected chi connectivity index (χ4v) is 7.85. The van der Waals surface area contributed by atoms with Crippen LogP contribution >= 0.6 is 0 Å².